The minimum Gasteiger partial charge on any atom is -0.309 e. The molecule has 4 heterocycles. The summed E-state index contributed by atoms with van der Waals surface area (Å²) in [5.74, 6) is 1.60. The zero-order valence-electron chi connectivity index (χ0n) is 33.4. The molecule has 62 heavy (non-hydrogen) atoms. The molecule has 13 rings (SSSR count). The van der Waals surface area contributed by atoms with Crippen LogP contribution in [-0.2, 0) is 0 Å². The molecule has 4 aromatic heterocycles. The third-order valence-electron chi connectivity index (χ3n) is 12.4. The van der Waals surface area contributed by atoms with E-state index in [-0.39, 0.29) is 0 Å². The Morgan fingerprint density at radius 3 is 1.69 bits per heavy atom. The smallest absolute Gasteiger partial charge is 0.168 e. The van der Waals surface area contributed by atoms with Gasteiger partial charge < -0.3 is 9.13 Å². The number of nitrogens with zero attached hydrogens (tertiary/aromatic N) is 5. The molecule has 5 nitrogen and oxygen atoms in total. The maximum absolute atomic E-state index is 4.76. The lowest BCUT2D eigenvalue weighted by Crippen LogP contribution is -2.01. The molecule has 0 bridgehead atoms. The van der Waals surface area contributed by atoms with Crippen LogP contribution in [0.4, 0.5) is 0 Å². The number of thiophene rings is 1. The zero-order valence-corrected chi connectivity index (χ0v) is 34.2. The van der Waals surface area contributed by atoms with Gasteiger partial charge in [-0.15, -0.1) is 21.5 Å². The Labute approximate surface area is 360 Å². The Hall–Kier alpha value is -8.06. The molecule has 0 unspecified atom stereocenters. The number of para-hydroxylation sites is 3. The van der Waals surface area contributed by atoms with Crippen molar-refractivity contribution in [3.8, 4) is 51.0 Å². The number of fused-ring (bicyclic) bond motifs is 10. The van der Waals surface area contributed by atoms with E-state index in [9.17, 15) is 0 Å². The molecule has 0 spiro atoms. The predicted octanol–water partition coefficient (Wildman–Crippen LogP) is 14.8. The molecule has 0 radical (unpaired) electrons. The molecule has 0 fully saturated rings. The first-order valence-electron chi connectivity index (χ1n) is 20.9. The Morgan fingerprint density at radius 1 is 0.339 bits per heavy atom. The van der Waals surface area contributed by atoms with Crippen LogP contribution < -0.4 is 0 Å². The molecular formula is C56H35N5S. The van der Waals surface area contributed by atoms with Crippen molar-refractivity contribution in [3.63, 3.8) is 0 Å². The van der Waals surface area contributed by atoms with E-state index in [0.29, 0.717) is 0 Å². The Kier molecular flexibility index (Phi) is 7.71. The monoisotopic (exact) mass is 809 g/mol. The van der Waals surface area contributed by atoms with Crippen molar-refractivity contribution in [2.45, 2.75) is 0 Å². The fourth-order valence-electron chi connectivity index (χ4n) is 9.68. The second-order valence-electron chi connectivity index (χ2n) is 15.8. The first-order valence-corrected chi connectivity index (χ1v) is 21.7. The van der Waals surface area contributed by atoms with E-state index in [0.717, 1.165) is 61.8 Å². The summed E-state index contributed by atoms with van der Waals surface area (Å²) >= 11 is 1.89. The van der Waals surface area contributed by atoms with Crippen LogP contribution in [0, 0.1) is 0 Å². The third kappa shape index (κ3) is 5.20. The molecule has 0 aliphatic carbocycles. The van der Waals surface area contributed by atoms with Gasteiger partial charge in [0.15, 0.2) is 11.6 Å². The number of hydrogen-bond donors (Lipinski definition) is 0. The van der Waals surface area contributed by atoms with Crippen LogP contribution in [0.15, 0.2) is 212 Å². The van der Waals surface area contributed by atoms with E-state index in [1.165, 1.54) is 52.9 Å². The summed E-state index contributed by atoms with van der Waals surface area (Å²) < 4.78 is 9.72. The standard InChI is InChI=1S/C56H35N5S/c1-3-16-36(17-4-1)55-57-58-56(37-18-5-2-6-19-37)60(55)40-30-32-50-46(35-40)42-23-8-12-27-48(42)59(50)39-21-15-20-38(34-39)41-22-7-11-26-47(41)61-49-28-13-9-25-45(49)53-51(61)33-31-44-43-24-10-14-29-52(43)62-54(44)53/h1-35H. The molecule has 6 heteroatoms. The highest BCUT2D eigenvalue weighted by atomic mass is 32.1. The molecule has 290 valence electrons. The third-order valence-corrected chi connectivity index (χ3v) is 13.6. The van der Waals surface area contributed by atoms with Gasteiger partial charge in [-0.1, -0.05) is 152 Å². The van der Waals surface area contributed by atoms with E-state index in [2.05, 4.69) is 190 Å². The summed E-state index contributed by atoms with van der Waals surface area (Å²) in [6.45, 7) is 0. The largest absolute Gasteiger partial charge is 0.309 e. The first kappa shape index (κ1) is 34.8. The number of benzene rings is 9. The normalized spacial score (nSPS) is 11.9. The van der Waals surface area contributed by atoms with Crippen molar-refractivity contribution in [1.29, 1.82) is 0 Å². The Balaban J connectivity index is 0.989. The summed E-state index contributed by atoms with van der Waals surface area (Å²) in [6.07, 6.45) is 0. The van der Waals surface area contributed by atoms with E-state index >= 15 is 0 Å². The molecular weight excluding hydrogens is 775 g/mol. The number of rotatable bonds is 6. The lowest BCUT2D eigenvalue weighted by atomic mass is 10.0. The average molecular weight is 810 g/mol. The second-order valence-corrected chi connectivity index (χ2v) is 16.9. The fraction of sp³-hybridized carbons (Fsp3) is 0. The summed E-state index contributed by atoms with van der Waals surface area (Å²) in [5.41, 5.74) is 12.3. The molecule has 0 saturated carbocycles. The van der Waals surface area contributed by atoms with Crippen LogP contribution in [0.25, 0.3) is 115 Å². The average Bonchev–Trinajstić information content (AvgIpc) is 4.12. The van der Waals surface area contributed by atoms with Gasteiger partial charge in [0.25, 0.3) is 0 Å². The minimum absolute atomic E-state index is 0.801. The molecule has 0 amide bonds. The molecule has 0 aliphatic rings. The molecule has 0 aliphatic heterocycles. The fourth-order valence-corrected chi connectivity index (χ4v) is 10.9. The van der Waals surface area contributed by atoms with Gasteiger partial charge in [-0.2, -0.15) is 0 Å². The van der Waals surface area contributed by atoms with Crippen molar-refractivity contribution in [2.24, 2.45) is 0 Å². The molecule has 13 aromatic rings. The van der Waals surface area contributed by atoms with Crippen LogP contribution in [0.2, 0.25) is 0 Å². The zero-order chi connectivity index (χ0) is 40.7. The van der Waals surface area contributed by atoms with Gasteiger partial charge in [-0.3, -0.25) is 4.57 Å². The van der Waals surface area contributed by atoms with Crippen molar-refractivity contribution in [2.75, 3.05) is 0 Å². The summed E-state index contributed by atoms with van der Waals surface area (Å²) in [5, 5.41) is 17.1. The summed E-state index contributed by atoms with van der Waals surface area (Å²) in [7, 11) is 0. The molecule has 0 atom stereocenters. The van der Waals surface area contributed by atoms with Gasteiger partial charge in [0.2, 0.25) is 0 Å². The van der Waals surface area contributed by atoms with Crippen LogP contribution in [0.1, 0.15) is 0 Å². The summed E-state index contributed by atoms with van der Waals surface area (Å²) in [6, 6.07) is 76.2. The molecule has 0 N–H and O–H groups in total. The van der Waals surface area contributed by atoms with Gasteiger partial charge in [0.05, 0.1) is 33.4 Å². The SMILES string of the molecule is c1ccc(-c2nnc(-c3ccccc3)n2-c2ccc3c(c2)c2ccccc2n3-c2cccc(-c3ccccc3-n3c4ccccc4c4c5sc6ccccc6c5ccc43)c2)cc1. The maximum Gasteiger partial charge on any atom is 0.168 e. The highest BCUT2D eigenvalue weighted by Gasteiger charge is 2.22. The highest BCUT2D eigenvalue weighted by Crippen LogP contribution is 2.45. The van der Waals surface area contributed by atoms with Crippen molar-refractivity contribution in [3.05, 3.63) is 212 Å². The molecule has 0 saturated heterocycles. The quantitative estimate of drug-likeness (QED) is 0.168. The van der Waals surface area contributed by atoms with Gasteiger partial charge >= 0.3 is 0 Å². The minimum atomic E-state index is 0.801. The van der Waals surface area contributed by atoms with E-state index < -0.39 is 0 Å². The first-order chi connectivity index (χ1) is 30.8. The lowest BCUT2D eigenvalue weighted by molar-refractivity contribution is 1.07. The van der Waals surface area contributed by atoms with Crippen molar-refractivity contribution < 1.29 is 0 Å². The van der Waals surface area contributed by atoms with Gasteiger partial charge in [-0.25, -0.2) is 0 Å². The van der Waals surface area contributed by atoms with E-state index in [1.54, 1.807) is 0 Å². The van der Waals surface area contributed by atoms with Gasteiger partial charge in [-0.05, 0) is 66.2 Å². The van der Waals surface area contributed by atoms with Crippen LogP contribution in [0.5, 0.6) is 0 Å². The van der Waals surface area contributed by atoms with Crippen LogP contribution >= 0.6 is 11.3 Å². The topological polar surface area (TPSA) is 40.6 Å². The Morgan fingerprint density at radius 2 is 0.919 bits per heavy atom. The highest BCUT2D eigenvalue weighted by molar-refractivity contribution is 7.26. The van der Waals surface area contributed by atoms with E-state index in [1.807, 2.05) is 47.7 Å². The number of hydrogen-bond acceptors (Lipinski definition) is 3. The van der Waals surface area contributed by atoms with Crippen LogP contribution in [-0.4, -0.2) is 23.9 Å². The van der Waals surface area contributed by atoms with Crippen LogP contribution in [0.3, 0.4) is 0 Å². The van der Waals surface area contributed by atoms with E-state index in [4.69, 9.17) is 10.2 Å². The Bertz CT molecular complexity index is 3810. The van der Waals surface area contributed by atoms with Crippen molar-refractivity contribution in [1.82, 2.24) is 23.9 Å². The maximum atomic E-state index is 4.76. The summed E-state index contributed by atoms with van der Waals surface area (Å²) in [4.78, 5) is 0. The van der Waals surface area contributed by atoms with Crippen molar-refractivity contribution >= 4 is 75.1 Å². The lowest BCUT2D eigenvalue weighted by Gasteiger charge is -2.16. The second kappa shape index (κ2) is 13.7. The van der Waals surface area contributed by atoms with Gasteiger partial charge in [0, 0.05) is 64.1 Å². The predicted molar refractivity (Wildman–Crippen MR) is 259 cm³/mol. The van der Waals surface area contributed by atoms with Gasteiger partial charge in [0.1, 0.15) is 0 Å². The molecule has 9 aromatic carbocycles. The number of aromatic nitrogens is 5.